The molecule has 1 amide bonds. The van der Waals surface area contributed by atoms with Crippen LogP contribution in [-0.4, -0.2) is 49.1 Å². The molecule has 2 atom stereocenters. The molecule has 0 aromatic heterocycles. The molecule has 1 rings (SSSR count). The van der Waals surface area contributed by atoms with Crippen molar-refractivity contribution in [2.75, 3.05) is 26.2 Å². The van der Waals surface area contributed by atoms with E-state index in [1.54, 1.807) is 0 Å². The molecular weight excluding hydrogens is 214 g/mol. The van der Waals surface area contributed by atoms with Gasteiger partial charge in [-0.1, -0.05) is 13.3 Å². The lowest BCUT2D eigenvalue weighted by Gasteiger charge is -2.39. The zero-order valence-electron chi connectivity index (χ0n) is 11.5. The summed E-state index contributed by atoms with van der Waals surface area (Å²) in [7, 11) is 0. The molecule has 0 aliphatic carbocycles. The Morgan fingerprint density at radius 1 is 1.35 bits per heavy atom. The third-order valence-electron chi connectivity index (χ3n) is 3.49. The van der Waals surface area contributed by atoms with Gasteiger partial charge in [-0.05, 0) is 39.8 Å². The molecule has 0 spiro atoms. The Morgan fingerprint density at radius 3 is 2.76 bits per heavy atom. The van der Waals surface area contributed by atoms with E-state index < -0.39 is 0 Å². The van der Waals surface area contributed by atoms with Crippen LogP contribution in [0.2, 0.25) is 0 Å². The first-order valence-electron chi connectivity index (χ1n) is 6.93. The smallest absolute Gasteiger partial charge is 0.234 e. The summed E-state index contributed by atoms with van der Waals surface area (Å²) in [5.41, 5.74) is 0. The highest BCUT2D eigenvalue weighted by Gasteiger charge is 2.27. The number of amides is 1. The standard InChI is InChI=1S/C13H27N3O/c1-4-14-11(3)12-8-6-7-9-16(12)10-13(17)15-5-2/h11-12,14H,4-10H2,1-3H3,(H,15,17). The van der Waals surface area contributed by atoms with Gasteiger partial charge >= 0.3 is 0 Å². The highest BCUT2D eigenvalue weighted by molar-refractivity contribution is 5.78. The van der Waals surface area contributed by atoms with E-state index in [0.29, 0.717) is 18.6 Å². The summed E-state index contributed by atoms with van der Waals surface area (Å²) >= 11 is 0. The van der Waals surface area contributed by atoms with Gasteiger partial charge in [-0.3, -0.25) is 9.69 Å². The maximum atomic E-state index is 11.7. The number of nitrogens with zero attached hydrogens (tertiary/aromatic N) is 1. The van der Waals surface area contributed by atoms with Crippen molar-refractivity contribution >= 4 is 5.91 Å². The second kappa shape index (κ2) is 7.67. The van der Waals surface area contributed by atoms with Crippen LogP contribution >= 0.6 is 0 Å². The Balaban J connectivity index is 2.50. The number of piperidine rings is 1. The SMILES string of the molecule is CCNC(=O)CN1CCCCC1C(C)NCC. The van der Waals surface area contributed by atoms with Crippen molar-refractivity contribution in [2.24, 2.45) is 0 Å². The largest absolute Gasteiger partial charge is 0.355 e. The van der Waals surface area contributed by atoms with E-state index in [0.717, 1.165) is 19.6 Å². The molecule has 4 heteroatoms. The fourth-order valence-corrected chi connectivity index (χ4v) is 2.67. The normalized spacial score (nSPS) is 23.4. The molecule has 0 aromatic rings. The third-order valence-corrected chi connectivity index (χ3v) is 3.49. The van der Waals surface area contributed by atoms with Crippen LogP contribution in [-0.2, 0) is 4.79 Å². The molecule has 2 unspecified atom stereocenters. The van der Waals surface area contributed by atoms with E-state index in [4.69, 9.17) is 0 Å². The Kier molecular flexibility index (Phi) is 6.52. The first-order valence-corrected chi connectivity index (χ1v) is 6.93. The molecule has 1 fully saturated rings. The minimum absolute atomic E-state index is 0.156. The number of rotatable bonds is 6. The summed E-state index contributed by atoms with van der Waals surface area (Å²) in [6.07, 6.45) is 3.70. The molecule has 1 heterocycles. The Labute approximate surface area is 105 Å². The summed E-state index contributed by atoms with van der Waals surface area (Å²) in [5.74, 6) is 0.156. The van der Waals surface area contributed by atoms with E-state index in [2.05, 4.69) is 29.4 Å². The van der Waals surface area contributed by atoms with Gasteiger partial charge in [-0.2, -0.15) is 0 Å². The Hall–Kier alpha value is -0.610. The number of carbonyl (C=O) groups is 1. The van der Waals surface area contributed by atoms with E-state index >= 15 is 0 Å². The van der Waals surface area contributed by atoms with Crippen LogP contribution in [0.3, 0.4) is 0 Å². The van der Waals surface area contributed by atoms with Crippen LogP contribution in [0.5, 0.6) is 0 Å². The number of likely N-dealkylation sites (N-methyl/N-ethyl adjacent to an activating group) is 2. The predicted molar refractivity (Wildman–Crippen MR) is 71.0 cm³/mol. The van der Waals surface area contributed by atoms with Crippen LogP contribution < -0.4 is 10.6 Å². The maximum Gasteiger partial charge on any atom is 0.234 e. The van der Waals surface area contributed by atoms with E-state index in [1.807, 2.05) is 6.92 Å². The molecule has 0 saturated carbocycles. The molecule has 17 heavy (non-hydrogen) atoms. The van der Waals surface area contributed by atoms with Crippen molar-refractivity contribution in [3.63, 3.8) is 0 Å². The maximum absolute atomic E-state index is 11.7. The quantitative estimate of drug-likeness (QED) is 0.728. The Bertz CT molecular complexity index is 233. The molecule has 0 radical (unpaired) electrons. The number of nitrogens with one attached hydrogen (secondary N) is 2. The number of likely N-dealkylation sites (tertiary alicyclic amines) is 1. The van der Waals surface area contributed by atoms with Gasteiger partial charge in [0, 0.05) is 18.6 Å². The van der Waals surface area contributed by atoms with Crippen LogP contribution in [0.1, 0.15) is 40.0 Å². The van der Waals surface area contributed by atoms with Crippen LogP contribution in [0.4, 0.5) is 0 Å². The molecule has 0 aromatic carbocycles. The highest BCUT2D eigenvalue weighted by atomic mass is 16.2. The number of carbonyl (C=O) groups excluding carboxylic acids is 1. The van der Waals surface area contributed by atoms with Crippen molar-refractivity contribution in [2.45, 2.75) is 52.1 Å². The van der Waals surface area contributed by atoms with E-state index in [9.17, 15) is 4.79 Å². The van der Waals surface area contributed by atoms with Crippen LogP contribution in [0, 0.1) is 0 Å². The lowest BCUT2D eigenvalue weighted by molar-refractivity contribution is -0.123. The predicted octanol–water partition coefficient (Wildman–Crippen LogP) is 0.975. The van der Waals surface area contributed by atoms with Crippen molar-refractivity contribution in [1.82, 2.24) is 15.5 Å². The highest BCUT2D eigenvalue weighted by Crippen LogP contribution is 2.19. The van der Waals surface area contributed by atoms with Crippen molar-refractivity contribution < 1.29 is 4.79 Å². The van der Waals surface area contributed by atoms with Gasteiger partial charge in [0.25, 0.3) is 0 Å². The molecule has 1 saturated heterocycles. The van der Waals surface area contributed by atoms with Crippen LogP contribution in [0.25, 0.3) is 0 Å². The topological polar surface area (TPSA) is 44.4 Å². The van der Waals surface area contributed by atoms with Crippen molar-refractivity contribution in [1.29, 1.82) is 0 Å². The number of hydrogen-bond donors (Lipinski definition) is 2. The molecular formula is C13H27N3O. The summed E-state index contributed by atoms with van der Waals surface area (Å²) < 4.78 is 0. The zero-order valence-corrected chi connectivity index (χ0v) is 11.5. The zero-order chi connectivity index (χ0) is 12.7. The Morgan fingerprint density at radius 2 is 2.12 bits per heavy atom. The molecule has 0 bridgehead atoms. The van der Waals surface area contributed by atoms with Gasteiger partial charge in [0.1, 0.15) is 0 Å². The summed E-state index contributed by atoms with van der Waals surface area (Å²) in [6, 6.07) is 0.973. The average Bonchev–Trinajstić information content (AvgIpc) is 2.30. The summed E-state index contributed by atoms with van der Waals surface area (Å²) in [5, 5.41) is 6.36. The average molecular weight is 241 g/mol. The minimum atomic E-state index is 0.156. The van der Waals surface area contributed by atoms with Gasteiger partial charge in [0.15, 0.2) is 0 Å². The van der Waals surface area contributed by atoms with Gasteiger partial charge < -0.3 is 10.6 Å². The lowest BCUT2D eigenvalue weighted by atomic mass is 9.96. The minimum Gasteiger partial charge on any atom is -0.355 e. The van der Waals surface area contributed by atoms with E-state index in [1.165, 1.54) is 19.3 Å². The number of hydrogen-bond acceptors (Lipinski definition) is 3. The third kappa shape index (κ3) is 4.64. The fraction of sp³-hybridized carbons (Fsp3) is 0.923. The van der Waals surface area contributed by atoms with Gasteiger partial charge in [-0.25, -0.2) is 0 Å². The monoisotopic (exact) mass is 241 g/mol. The first-order chi connectivity index (χ1) is 8.19. The van der Waals surface area contributed by atoms with Crippen molar-refractivity contribution in [3.05, 3.63) is 0 Å². The van der Waals surface area contributed by atoms with E-state index in [-0.39, 0.29) is 5.91 Å². The summed E-state index contributed by atoms with van der Waals surface area (Å²) in [6.45, 7) is 9.64. The second-order valence-electron chi connectivity index (χ2n) is 4.83. The second-order valence-corrected chi connectivity index (χ2v) is 4.83. The summed E-state index contributed by atoms with van der Waals surface area (Å²) in [4.78, 5) is 14.0. The van der Waals surface area contributed by atoms with Crippen LogP contribution in [0.15, 0.2) is 0 Å². The van der Waals surface area contributed by atoms with Gasteiger partial charge in [0.05, 0.1) is 6.54 Å². The fourth-order valence-electron chi connectivity index (χ4n) is 2.67. The molecule has 2 N–H and O–H groups in total. The first kappa shape index (κ1) is 14.5. The molecule has 1 aliphatic heterocycles. The molecule has 100 valence electrons. The lowest BCUT2D eigenvalue weighted by Crippen LogP contribution is -2.53. The van der Waals surface area contributed by atoms with Gasteiger partial charge in [-0.15, -0.1) is 0 Å². The molecule has 4 nitrogen and oxygen atoms in total. The van der Waals surface area contributed by atoms with Gasteiger partial charge in [0.2, 0.25) is 5.91 Å². The van der Waals surface area contributed by atoms with Crippen molar-refractivity contribution in [3.8, 4) is 0 Å². The molecule has 1 aliphatic rings.